The molecule has 0 radical (unpaired) electrons. The van der Waals surface area contributed by atoms with Crippen LogP contribution in [-0.4, -0.2) is 33.3 Å². The van der Waals surface area contributed by atoms with Crippen LogP contribution in [0.25, 0.3) is 87.3 Å². The number of hydrogen-bond donors (Lipinski definition) is 0. The summed E-state index contributed by atoms with van der Waals surface area (Å²) in [6.07, 6.45) is 7.73. The van der Waals surface area contributed by atoms with Crippen LogP contribution in [0.5, 0.6) is 11.5 Å². The zero-order valence-corrected chi connectivity index (χ0v) is 25.2. The van der Waals surface area contributed by atoms with Gasteiger partial charge >= 0.3 is 0 Å². The van der Waals surface area contributed by atoms with Crippen LogP contribution in [0.15, 0.2) is 122 Å². The van der Waals surface area contributed by atoms with Crippen LogP contribution in [0.3, 0.4) is 0 Å². The van der Waals surface area contributed by atoms with E-state index in [1.165, 1.54) is 53.9 Å². The molecule has 0 amide bonds. The molecule has 4 heterocycles. The van der Waals surface area contributed by atoms with Crippen LogP contribution in [0.4, 0.5) is 0 Å². The van der Waals surface area contributed by atoms with E-state index in [4.69, 9.17) is 9.47 Å². The average Bonchev–Trinajstić information content (AvgIpc) is 3.63. The molecule has 0 aliphatic rings. The Bertz CT molecular complexity index is 2620. The van der Waals surface area contributed by atoms with E-state index < -0.39 is 0 Å². The first-order chi connectivity index (χ1) is 22.7. The van der Waals surface area contributed by atoms with Crippen molar-refractivity contribution in [3.05, 3.63) is 122 Å². The zero-order chi connectivity index (χ0) is 30.5. The van der Waals surface area contributed by atoms with E-state index in [1.807, 2.05) is 49.1 Å². The number of benzene rings is 6. The molecule has 218 valence electrons. The van der Waals surface area contributed by atoms with E-state index in [9.17, 15) is 0 Å². The van der Waals surface area contributed by atoms with Crippen LogP contribution in [0.1, 0.15) is 0 Å². The molecule has 6 nitrogen and oxygen atoms in total. The number of nitrogens with zero attached hydrogens (tertiary/aromatic N) is 4. The van der Waals surface area contributed by atoms with Crippen LogP contribution in [0.2, 0.25) is 0 Å². The van der Waals surface area contributed by atoms with Gasteiger partial charge in [0.1, 0.15) is 11.5 Å². The summed E-state index contributed by atoms with van der Waals surface area (Å²) in [7, 11) is 3.39. The van der Waals surface area contributed by atoms with E-state index in [-0.39, 0.29) is 0 Å². The summed E-state index contributed by atoms with van der Waals surface area (Å²) in [5, 5.41) is 12.3. The van der Waals surface area contributed by atoms with Gasteiger partial charge in [-0.3, -0.25) is 9.97 Å². The molecule has 0 bridgehead atoms. The van der Waals surface area contributed by atoms with Gasteiger partial charge < -0.3 is 18.6 Å². The molecule has 0 aliphatic carbocycles. The number of fused-ring (bicyclic) bond motifs is 8. The lowest BCUT2D eigenvalue weighted by Gasteiger charge is -2.15. The third-order valence-electron chi connectivity index (χ3n) is 9.62. The Morgan fingerprint density at radius 1 is 0.435 bits per heavy atom. The van der Waals surface area contributed by atoms with Crippen LogP contribution in [-0.2, 0) is 0 Å². The molecular weight excluding hydrogens is 568 g/mol. The molecule has 0 saturated heterocycles. The van der Waals surface area contributed by atoms with Crippen LogP contribution >= 0.6 is 0 Å². The minimum atomic E-state index is 0.834. The first kappa shape index (κ1) is 25.2. The normalized spacial score (nSPS) is 12.1. The second-order valence-electron chi connectivity index (χ2n) is 11.8. The Morgan fingerprint density at radius 3 is 1.28 bits per heavy atom. The van der Waals surface area contributed by atoms with Gasteiger partial charge in [-0.05, 0) is 105 Å². The van der Waals surface area contributed by atoms with E-state index in [2.05, 4.69) is 91.9 Å². The molecule has 0 saturated carbocycles. The molecule has 6 aromatic carbocycles. The molecule has 0 N–H and O–H groups in total. The fourth-order valence-electron chi connectivity index (χ4n) is 7.67. The zero-order valence-electron chi connectivity index (χ0n) is 25.2. The topological polar surface area (TPSA) is 54.1 Å². The molecule has 10 aromatic rings. The minimum Gasteiger partial charge on any atom is -0.497 e. The predicted molar refractivity (Wildman–Crippen MR) is 188 cm³/mol. The highest BCUT2D eigenvalue weighted by molar-refractivity contribution is 6.37. The fourth-order valence-corrected chi connectivity index (χ4v) is 7.67. The number of aromatic nitrogens is 4. The van der Waals surface area contributed by atoms with Gasteiger partial charge in [0.05, 0.1) is 48.7 Å². The van der Waals surface area contributed by atoms with Gasteiger partial charge in [0.15, 0.2) is 0 Å². The van der Waals surface area contributed by atoms with Crippen molar-refractivity contribution in [3.63, 3.8) is 0 Å². The SMILES string of the molecule is COc1ccc(-n2c3cnccc3c3c4ccc5cc6c(c7ccc(cc32)c4c57)c2ccncc2n6-c2ccc(OC)cc2)cc1. The molecule has 46 heavy (non-hydrogen) atoms. The summed E-state index contributed by atoms with van der Waals surface area (Å²) in [6, 6.07) is 34.6. The lowest BCUT2D eigenvalue weighted by Crippen LogP contribution is -1.95. The standard InChI is InChI=1S/C40H26N4O2/c1-45-27-9-5-25(6-10-27)43-33-19-23-3-14-32-38-24(4-13-31(37(23)38)39(33)29-15-17-41-21-35(29)43)20-34-40(32)30-16-18-42-22-36(30)44(34)26-7-11-28(46-2)12-8-26/h3-22H,1-2H3. The van der Waals surface area contributed by atoms with Gasteiger partial charge in [0, 0.05) is 45.3 Å². The fraction of sp³-hybridized carbons (Fsp3) is 0.0500. The number of methoxy groups -OCH3 is 2. The highest BCUT2D eigenvalue weighted by Crippen LogP contribution is 2.46. The van der Waals surface area contributed by atoms with Crippen molar-refractivity contribution in [2.45, 2.75) is 0 Å². The number of ether oxygens (including phenoxy) is 2. The highest BCUT2D eigenvalue weighted by atomic mass is 16.5. The predicted octanol–water partition coefficient (Wildman–Crippen LogP) is 9.59. The van der Waals surface area contributed by atoms with E-state index >= 15 is 0 Å². The summed E-state index contributed by atoms with van der Waals surface area (Å²) in [5.74, 6) is 1.67. The van der Waals surface area contributed by atoms with E-state index in [0.29, 0.717) is 0 Å². The lowest BCUT2D eigenvalue weighted by molar-refractivity contribution is 0.414. The largest absolute Gasteiger partial charge is 0.497 e. The monoisotopic (exact) mass is 594 g/mol. The molecule has 0 spiro atoms. The first-order valence-electron chi connectivity index (χ1n) is 15.3. The molecule has 10 rings (SSSR count). The van der Waals surface area contributed by atoms with Crippen molar-refractivity contribution in [1.82, 2.24) is 19.1 Å². The lowest BCUT2D eigenvalue weighted by atomic mass is 9.90. The van der Waals surface area contributed by atoms with Gasteiger partial charge in [0.2, 0.25) is 0 Å². The Hall–Kier alpha value is -6.14. The number of rotatable bonds is 4. The van der Waals surface area contributed by atoms with Gasteiger partial charge in [-0.25, -0.2) is 0 Å². The summed E-state index contributed by atoms with van der Waals surface area (Å²) in [6.45, 7) is 0. The van der Waals surface area contributed by atoms with Gasteiger partial charge in [-0.2, -0.15) is 0 Å². The Kier molecular flexibility index (Phi) is 5.04. The smallest absolute Gasteiger partial charge is 0.119 e. The average molecular weight is 595 g/mol. The maximum atomic E-state index is 5.46. The quantitative estimate of drug-likeness (QED) is 0.190. The van der Waals surface area contributed by atoms with E-state index in [1.54, 1.807) is 14.2 Å². The van der Waals surface area contributed by atoms with Crippen molar-refractivity contribution >= 4 is 75.9 Å². The second-order valence-corrected chi connectivity index (χ2v) is 11.8. The first-order valence-corrected chi connectivity index (χ1v) is 15.3. The van der Waals surface area contributed by atoms with Crippen molar-refractivity contribution in [3.8, 4) is 22.9 Å². The molecule has 0 aliphatic heterocycles. The number of pyridine rings is 2. The molecule has 4 aromatic heterocycles. The summed E-state index contributed by atoms with van der Waals surface area (Å²) < 4.78 is 15.5. The Morgan fingerprint density at radius 2 is 0.870 bits per heavy atom. The van der Waals surface area contributed by atoms with Crippen molar-refractivity contribution in [2.75, 3.05) is 14.2 Å². The Balaban J connectivity index is 1.34. The molecule has 0 unspecified atom stereocenters. The summed E-state index contributed by atoms with van der Waals surface area (Å²) in [4.78, 5) is 9.07. The van der Waals surface area contributed by atoms with Crippen molar-refractivity contribution in [1.29, 1.82) is 0 Å². The third-order valence-corrected chi connectivity index (χ3v) is 9.62. The van der Waals surface area contributed by atoms with Crippen LogP contribution < -0.4 is 9.47 Å². The maximum absolute atomic E-state index is 5.46. The van der Waals surface area contributed by atoms with Gasteiger partial charge in [-0.1, -0.05) is 24.3 Å². The molecular formula is C40H26N4O2. The molecule has 6 heteroatoms. The maximum Gasteiger partial charge on any atom is 0.119 e. The minimum absolute atomic E-state index is 0.834. The summed E-state index contributed by atoms with van der Waals surface area (Å²) >= 11 is 0. The molecule has 0 atom stereocenters. The number of hydrogen-bond acceptors (Lipinski definition) is 4. The van der Waals surface area contributed by atoms with Crippen molar-refractivity contribution in [2.24, 2.45) is 0 Å². The van der Waals surface area contributed by atoms with Crippen LogP contribution in [0, 0.1) is 0 Å². The highest BCUT2D eigenvalue weighted by Gasteiger charge is 2.22. The van der Waals surface area contributed by atoms with Crippen molar-refractivity contribution < 1.29 is 9.47 Å². The van der Waals surface area contributed by atoms with Gasteiger partial charge in [-0.15, -0.1) is 0 Å². The Labute approximate surface area is 263 Å². The summed E-state index contributed by atoms with van der Waals surface area (Å²) in [5.41, 5.74) is 6.62. The van der Waals surface area contributed by atoms with E-state index in [0.717, 1.165) is 44.9 Å². The third kappa shape index (κ3) is 3.25. The second kappa shape index (κ2) is 9.19. The van der Waals surface area contributed by atoms with Gasteiger partial charge in [0.25, 0.3) is 0 Å². The molecule has 0 fully saturated rings.